The van der Waals surface area contributed by atoms with E-state index in [2.05, 4.69) is 10.1 Å². The molecule has 0 aliphatic heterocycles. The maximum Gasteiger partial charge on any atom is 0.280 e. The molecule has 2 rings (SSSR count). The fourth-order valence-corrected chi connectivity index (χ4v) is 2.60. The van der Waals surface area contributed by atoms with Gasteiger partial charge in [-0.1, -0.05) is 0 Å². The maximum atomic E-state index is 11.5. The SMILES string of the molecule is Cc1ccnc(-n2ncc(C#N)c2S(=O)(=O)Cl)c1. The number of halogens is 1. The second-order valence-corrected chi connectivity index (χ2v) is 6.00. The zero-order valence-electron chi connectivity index (χ0n) is 9.20. The van der Waals surface area contributed by atoms with Gasteiger partial charge in [-0.05, 0) is 24.6 Å². The van der Waals surface area contributed by atoms with Crippen molar-refractivity contribution >= 4 is 19.7 Å². The summed E-state index contributed by atoms with van der Waals surface area (Å²) in [6, 6.07) is 5.13. The normalized spacial score (nSPS) is 11.2. The molecular formula is C10H7ClN4O2S. The van der Waals surface area contributed by atoms with Crippen LogP contribution in [0.15, 0.2) is 29.6 Å². The molecule has 8 heteroatoms. The molecular weight excluding hydrogens is 276 g/mol. The van der Waals surface area contributed by atoms with Gasteiger partial charge < -0.3 is 0 Å². The highest BCUT2D eigenvalue weighted by Crippen LogP contribution is 2.22. The average Bonchev–Trinajstić information content (AvgIpc) is 2.72. The van der Waals surface area contributed by atoms with Crippen molar-refractivity contribution in [3.05, 3.63) is 35.7 Å². The summed E-state index contributed by atoms with van der Waals surface area (Å²) < 4.78 is 24.0. The van der Waals surface area contributed by atoms with Crippen LogP contribution >= 0.6 is 10.7 Å². The average molecular weight is 283 g/mol. The standard InChI is InChI=1S/C10H7ClN4O2S/c1-7-2-3-13-9(4-7)15-10(18(11,16)17)8(5-12)6-14-15/h2-4,6H,1H3. The van der Waals surface area contributed by atoms with Gasteiger partial charge in [0.25, 0.3) is 9.05 Å². The molecule has 2 aromatic heterocycles. The van der Waals surface area contributed by atoms with E-state index >= 15 is 0 Å². The molecule has 0 radical (unpaired) electrons. The predicted octanol–water partition coefficient (Wildman–Crippen LogP) is 1.37. The Labute approximate surface area is 108 Å². The topological polar surface area (TPSA) is 88.6 Å². The van der Waals surface area contributed by atoms with Crippen molar-refractivity contribution in [2.45, 2.75) is 11.9 Å². The summed E-state index contributed by atoms with van der Waals surface area (Å²) in [5.41, 5.74) is 0.764. The Morgan fingerprint density at radius 1 is 1.50 bits per heavy atom. The van der Waals surface area contributed by atoms with Gasteiger partial charge in [0.2, 0.25) is 0 Å². The highest BCUT2D eigenvalue weighted by molar-refractivity contribution is 8.13. The van der Waals surface area contributed by atoms with Gasteiger partial charge in [0.15, 0.2) is 10.8 Å². The summed E-state index contributed by atoms with van der Waals surface area (Å²) in [6.45, 7) is 1.83. The van der Waals surface area contributed by atoms with Crippen LogP contribution in [0.3, 0.4) is 0 Å². The fourth-order valence-electron chi connectivity index (χ4n) is 1.45. The Kier molecular flexibility index (Phi) is 3.07. The van der Waals surface area contributed by atoms with Crippen LogP contribution in [0.2, 0.25) is 0 Å². The van der Waals surface area contributed by atoms with Crippen molar-refractivity contribution in [2.75, 3.05) is 0 Å². The molecule has 0 saturated heterocycles. The van der Waals surface area contributed by atoms with Crippen LogP contribution < -0.4 is 0 Å². The van der Waals surface area contributed by atoms with Gasteiger partial charge in [0.05, 0.1) is 6.20 Å². The van der Waals surface area contributed by atoms with E-state index in [4.69, 9.17) is 15.9 Å². The molecule has 2 heterocycles. The van der Waals surface area contributed by atoms with E-state index < -0.39 is 9.05 Å². The number of aromatic nitrogens is 3. The lowest BCUT2D eigenvalue weighted by molar-refractivity contribution is 0.598. The highest BCUT2D eigenvalue weighted by atomic mass is 35.7. The van der Waals surface area contributed by atoms with E-state index in [0.29, 0.717) is 0 Å². The number of hydrogen-bond donors (Lipinski definition) is 0. The Morgan fingerprint density at radius 2 is 2.22 bits per heavy atom. The molecule has 0 amide bonds. The lowest BCUT2D eigenvalue weighted by Crippen LogP contribution is -2.07. The molecule has 6 nitrogen and oxygen atoms in total. The zero-order chi connectivity index (χ0) is 13.3. The smallest absolute Gasteiger partial charge is 0.237 e. The van der Waals surface area contributed by atoms with Crippen molar-refractivity contribution in [3.63, 3.8) is 0 Å². The molecule has 0 spiro atoms. The van der Waals surface area contributed by atoms with E-state index in [1.165, 1.54) is 6.20 Å². The van der Waals surface area contributed by atoms with Crippen LogP contribution in [-0.4, -0.2) is 23.2 Å². The number of pyridine rings is 1. The van der Waals surface area contributed by atoms with Crippen LogP contribution in [0.4, 0.5) is 0 Å². The lowest BCUT2D eigenvalue weighted by Gasteiger charge is -2.04. The first-order valence-corrected chi connectivity index (χ1v) is 7.10. The third-order valence-corrected chi connectivity index (χ3v) is 3.49. The number of hydrogen-bond acceptors (Lipinski definition) is 5. The first-order valence-electron chi connectivity index (χ1n) is 4.79. The quantitative estimate of drug-likeness (QED) is 0.776. The molecule has 0 bridgehead atoms. The first-order chi connectivity index (χ1) is 8.43. The summed E-state index contributed by atoms with van der Waals surface area (Å²) in [5.74, 6) is 0.288. The van der Waals surface area contributed by atoms with E-state index in [-0.39, 0.29) is 16.4 Å². The second kappa shape index (κ2) is 4.40. The number of rotatable bonds is 2. The molecule has 0 aromatic carbocycles. The van der Waals surface area contributed by atoms with Gasteiger partial charge in [0, 0.05) is 16.9 Å². The molecule has 0 fully saturated rings. The number of nitrogens with zero attached hydrogens (tertiary/aromatic N) is 4. The number of aryl methyl sites for hydroxylation is 1. The van der Waals surface area contributed by atoms with E-state index in [9.17, 15) is 8.42 Å². The van der Waals surface area contributed by atoms with Gasteiger partial charge in [0.1, 0.15) is 11.6 Å². The Hall–Kier alpha value is -1.91. The van der Waals surface area contributed by atoms with Gasteiger partial charge in [-0.2, -0.15) is 10.4 Å². The van der Waals surface area contributed by atoms with E-state index in [1.54, 1.807) is 18.2 Å². The minimum Gasteiger partial charge on any atom is -0.237 e. The van der Waals surface area contributed by atoms with Crippen LogP contribution in [0, 0.1) is 18.3 Å². The Bertz CT molecular complexity index is 745. The van der Waals surface area contributed by atoms with Gasteiger partial charge >= 0.3 is 0 Å². The summed E-state index contributed by atoms with van der Waals surface area (Å²) in [6.07, 6.45) is 2.66. The Morgan fingerprint density at radius 3 is 2.78 bits per heavy atom. The van der Waals surface area contributed by atoms with Crippen LogP contribution in [-0.2, 0) is 9.05 Å². The second-order valence-electron chi connectivity index (χ2n) is 3.52. The van der Waals surface area contributed by atoms with Crippen LogP contribution in [0.5, 0.6) is 0 Å². The van der Waals surface area contributed by atoms with Gasteiger partial charge in [-0.25, -0.2) is 18.1 Å². The molecule has 0 atom stereocenters. The molecule has 2 aromatic rings. The zero-order valence-corrected chi connectivity index (χ0v) is 10.8. The van der Waals surface area contributed by atoms with Crippen molar-refractivity contribution in [1.82, 2.24) is 14.8 Å². The summed E-state index contributed by atoms with van der Waals surface area (Å²) in [4.78, 5) is 4.00. The maximum absolute atomic E-state index is 11.5. The van der Waals surface area contributed by atoms with Crippen molar-refractivity contribution in [3.8, 4) is 11.9 Å². The molecule has 0 aliphatic rings. The molecule has 0 saturated carbocycles. The van der Waals surface area contributed by atoms with Crippen LogP contribution in [0.25, 0.3) is 5.82 Å². The summed E-state index contributed by atoms with van der Waals surface area (Å²) >= 11 is 0. The minimum absolute atomic E-state index is 0.117. The van der Waals surface area contributed by atoms with Gasteiger partial charge in [-0.15, -0.1) is 0 Å². The van der Waals surface area contributed by atoms with Gasteiger partial charge in [-0.3, -0.25) is 0 Å². The molecule has 18 heavy (non-hydrogen) atoms. The van der Waals surface area contributed by atoms with E-state index in [0.717, 1.165) is 16.4 Å². The van der Waals surface area contributed by atoms with Crippen LogP contribution in [0.1, 0.15) is 11.1 Å². The third kappa shape index (κ3) is 2.20. The predicted molar refractivity (Wildman–Crippen MR) is 63.8 cm³/mol. The summed E-state index contributed by atoms with van der Waals surface area (Å²) in [7, 11) is 1.23. The summed E-state index contributed by atoms with van der Waals surface area (Å²) in [5, 5.41) is 12.3. The monoisotopic (exact) mass is 282 g/mol. The molecule has 0 N–H and O–H groups in total. The molecule has 0 aliphatic carbocycles. The lowest BCUT2D eigenvalue weighted by atomic mass is 10.3. The third-order valence-electron chi connectivity index (χ3n) is 2.19. The minimum atomic E-state index is -4.08. The largest absolute Gasteiger partial charge is 0.280 e. The van der Waals surface area contributed by atoms with Crippen molar-refractivity contribution in [1.29, 1.82) is 5.26 Å². The number of nitriles is 1. The molecule has 92 valence electrons. The van der Waals surface area contributed by atoms with Crippen molar-refractivity contribution in [2.24, 2.45) is 0 Å². The highest BCUT2D eigenvalue weighted by Gasteiger charge is 2.24. The molecule has 0 unspecified atom stereocenters. The van der Waals surface area contributed by atoms with Crippen molar-refractivity contribution < 1.29 is 8.42 Å². The van der Waals surface area contributed by atoms with E-state index in [1.807, 2.05) is 6.92 Å². The first kappa shape index (κ1) is 12.5. The Balaban J connectivity index is 2.75. The fraction of sp³-hybridized carbons (Fsp3) is 0.100.